The van der Waals surface area contributed by atoms with Crippen LogP contribution in [0.4, 0.5) is 0 Å². The molecule has 0 saturated heterocycles. The van der Waals surface area contributed by atoms with Gasteiger partial charge in [0.1, 0.15) is 11.2 Å². The normalized spacial score (nSPS) is 11.6. The zero-order chi connectivity index (χ0) is 37.0. The fourth-order valence-corrected chi connectivity index (χ4v) is 7.88. The second-order valence-corrected chi connectivity index (χ2v) is 14.1. The van der Waals surface area contributed by atoms with E-state index >= 15 is 0 Å². The molecule has 0 unspecified atom stereocenters. The Balaban J connectivity index is 1.07. The van der Waals surface area contributed by atoms with Gasteiger partial charge in [-0.3, -0.25) is 4.57 Å². The van der Waals surface area contributed by atoms with E-state index in [2.05, 4.69) is 174 Å². The van der Waals surface area contributed by atoms with Crippen molar-refractivity contribution in [2.75, 3.05) is 0 Å². The maximum atomic E-state index is 6.14. The Morgan fingerprint density at radius 2 is 0.750 bits per heavy atom. The third-order valence-corrected chi connectivity index (χ3v) is 10.7. The lowest BCUT2D eigenvalue weighted by atomic mass is 10.0. The minimum absolute atomic E-state index is 0.564. The highest BCUT2D eigenvalue weighted by Gasteiger charge is 2.19. The first kappa shape index (κ1) is 31.9. The average Bonchev–Trinajstić information content (AvgIpc) is 3.82. The topological polar surface area (TPSA) is 56.7 Å². The van der Waals surface area contributed by atoms with Gasteiger partial charge in [0, 0.05) is 32.7 Å². The molecule has 56 heavy (non-hydrogen) atoms. The van der Waals surface area contributed by atoms with Gasteiger partial charge in [0.25, 0.3) is 0 Å². The number of aromatic nitrogens is 4. The molecule has 0 aliphatic rings. The highest BCUT2D eigenvalue weighted by Crippen LogP contribution is 2.37. The van der Waals surface area contributed by atoms with E-state index in [0.29, 0.717) is 17.6 Å². The van der Waals surface area contributed by atoms with E-state index in [1.807, 2.05) is 24.3 Å². The van der Waals surface area contributed by atoms with Crippen molar-refractivity contribution < 1.29 is 4.42 Å². The third kappa shape index (κ3) is 5.45. The summed E-state index contributed by atoms with van der Waals surface area (Å²) < 4.78 is 8.31. The summed E-state index contributed by atoms with van der Waals surface area (Å²) in [5.41, 5.74) is 12.5. The highest BCUT2D eigenvalue weighted by atomic mass is 16.3. The molecule has 0 spiro atoms. The Morgan fingerprint density at radius 3 is 1.39 bits per heavy atom. The van der Waals surface area contributed by atoms with Gasteiger partial charge in [0.05, 0.1) is 11.0 Å². The number of hydrogen-bond acceptors (Lipinski definition) is 4. The molecule has 5 heteroatoms. The maximum absolute atomic E-state index is 6.14. The van der Waals surface area contributed by atoms with Crippen molar-refractivity contribution in [1.82, 2.24) is 19.5 Å². The third-order valence-electron chi connectivity index (χ3n) is 10.7. The molecule has 11 aromatic rings. The molecule has 0 radical (unpaired) electrons. The lowest BCUT2D eigenvalue weighted by Gasteiger charge is -2.12. The van der Waals surface area contributed by atoms with Crippen molar-refractivity contribution >= 4 is 43.7 Å². The van der Waals surface area contributed by atoms with E-state index in [1.54, 1.807) is 0 Å². The minimum Gasteiger partial charge on any atom is -0.456 e. The van der Waals surface area contributed by atoms with Crippen LogP contribution in [0.2, 0.25) is 0 Å². The van der Waals surface area contributed by atoms with Crippen LogP contribution in [0, 0.1) is 0 Å². The fourth-order valence-electron chi connectivity index (χ4n) is 7.88. The van der Waals surface area contributed by atoms with E-state index in [0.717, 1.165) is 88.3 Å². The van der Waals surface area contributed by atoms with Crippen LogP contribution in [0.1, 0.15) is 0 Å². The molecule has 0 fully saturated rings. The van der Waals surface area contributed by atoms with E-state index in [4.69, 9.17) is 19.4 Å². The van der Waals surface area contributed by atoms with Crippen LogP contribution in [0.3, 0.4) is 0 Å². The zero-order valence-electron chi connectivity index (χ0n) is 30.2. The number of benzene rings is 8. The zero-order valence-corrected chi connectivity index (χ0v) is 30.2. The molecular formula is C51H32N4O. The summed E-state index contributed by atoms with van der Waals surface area (Å²) in [7, 11) is 0. The smallest absolute Gasteiger partial charge is 0.238 e. The van der Waals surface area contributed by atoms with Gasteiger partial charge in [0.2, 0.25) is 5.95 Å². The van der Waals surface area contributed by atoms with Gasteiger partial charge in [-0.2, -0.15) is 9.97 Å². The summed E-state index contributed by atoms with van der Waals surface area (Å²) in [5.74, 6) is 1.79. The molecule has 0 bridgehead atoms. The second-order valence-electron chi connectivity index (χ2n) is 14.1. The monoisotopic (exact) mass is 716 g/mol. The second kappa shape index (κ2) is 13.0. The van der Waals surface area contributed by atoms with Crippen LogP contribution in [-0.4, -0.2) is 19.5 Å². The van der Waals surface area contributed by atoms with Crippen LogP contribution in [-0.2, 0) is 0 Å². The molecular weight excluding hydrogens is 685 g/mol. The van der Waals surface area contributed by atoms with E-state index < -0.39 is 0 Å². The largest absolute Gasteiger partial charge is 0.456 e. The van der Waals surface area contributed by atoms with Crippen molar-refractivity contribution in [3.8, 4) is 62.1 Å². The van der Waals surface area contributed by atoms with Gasteiger partial charge in [-0.15, -0.1) is 0 Å². The van der Waals surface area contributed by atoms with Crippen LogP contribution in [0.25, 0.3) is 106 Å². The summed E-state index contributed by atoms with van der Waals surface area (Å²) in [4.78, 5) is 15.5. The Kier molecular flexibility index (Phi) is 7.42. The molecule has 262 valence electrons. The number of fused-ring (bicyclic) bond motifs is 6. The van der Waals surface area contributed by atoms with Gasteiger partial charge in [0.15, 0.2) is 11.6 Å². The first-order valence-corrected chi connectivity index (χ1v) is 18.8. The summed E-state index contributed by atoms with van der Waals surface area (Å²) in [6, 6.07) is 67.5. The lowest BCUT2D eigenvalue weighted by molar-refractivity contribution is 0.669. The lowest BCUT2D eigenvalue weighted by Crippen LogP contribution is -2.06. The SMILES string of the molecule is c1ccc(-c2ccc(-c3nc(-c4ccc(-c5ccccc5)cc4)nc(-n4c5ccccc5c5cc(-c6ccc7oc8ccccc8c7c6)ccc54)n3)cc2)cc1. The minimum atomic E-state index is 0.564. The Labute approximate surface area is 322 Å². The molecule has 3 aromatic heterocycles. The Morgan fingerprint density at radius 1 is 0.304 bits per heavy atom. The van der Waals surface area contributed by atoms with E-state index in [9.17, 15) is 0 Å². The summed E-state index contributed by atoms with van der Waals surface area (Å²) in [5, 5.41) is 4.48. The Hall–Kier alpha value is -7.63. The standard InChI is InChI=1S/C51H32N4O/c1-3-11-33(12-4-1)35-19-23-37(24-20-35)49-52-50(38-25-21-36(22-26-38)34-13-5-2-6-14-34)54-51(53-49)55-45-17-9-7-15-41(45)43-31-39(27-29-46(43)55)40-28-30-48-44(32-40)42-16-8-10-18-47(42)56-48/h1-32H. The first-order valence-electron chi connectivity index (χ1n) is 18.8. The predicted molar refractivity (Wildman–Crippen MR) is 229 cm³/mol. The molecule has 0 saturated carbocycles. The molecule has 0 amide bonds. The molecule has 5 nitrogen and oxygen atoms in total. The van der Waals surface area contributed by atoms with Crippen molar-refractivity contribution in [3.05, 3.63) is 194 Å². The summed E-state index contributed by atoms with van der Waals surface area (Å²) in [6.07, 6.45) is 0. The van der Waals surface area contributed by atoms with Crippen LogP contribution in [0.5, 0.6) is 0 Å². The predicted octanol–water partition coefficient (Wildman–Crippen LogP) is 13.2. The highest BCUT2D eigenvalue weighted by molar-refractivity contribution is 6.11. The molecule has 8 aromatic carbocycles. The van der Waals surface area contributed by atoms with Crippen molar-refractivity contribution in [2.24, 2.45) is 0 Å². The van der Waals surface area contributed by atoms with Crippen LogP contribution in [0.15, 0.2) is 199 Å². The average molecular weight is 717 g/mol. The number of nitrogens with zero attached hydrogens (tertiary/aromatic N) is 4. The number of hydrogen-bond donors (Lipinski definition) is 0. The van der Waals surface area contributed by atoms with Gasteiger partial charge in [-0.05, 0) is 69.8 Å². The Bertz CT molecular complexity index is 3120. The molecule has 0 N–H and O–H groups in total. The van der Waals surface area contributed by atoms with Crippen molar-refractivity contribution in [1.29, 1.82) is 0 Å². The molecule has 0 atom stereocenters. The van der Waals surface area contributed by atoms with Crippen molar-refractivity contribution in [2.45, 2.75) is 0 Å². The van der Waals surface area contributed by atoms with Crippen LogP contribution < -0.4 is 0 Å². The molecule has 0 aliphatic heterocycles. The fraction of sp³-hybridized carbons (Fsp3) is 0. The molecule has 3 heterocycles. The van der Waals surface area contributed by atoms with E-state index in [-0.39, 0.29) is 0 Å². The van der Waals surface area contributed by atoms with Gasteiger partial charge >= 0.3 is 0 Å². The number of para-hydroxylation sites is 2. The van der Waals surface area contributed by atoms with Gasteiger partial charge in [-0.25, -0.2) is 4.98 Å². The number of furan rings is 1. The van der Waals surface area contributed by atoms with E-state index in [1.165, 1.54) is 0 Å². The van der Waals surface area contributed by atoms with Gasteiger partial charge < -0.3 is 4.42 Å². The maximum Gasteiger partial charge on any atom is 0.238 e. The van der Waals surface area contributed by atoms with Crippen molar-refractivity contribution in [3.63, 3.8) is 0 Å². The summed E-state index contributed by atoms with van der Waals surface area (Å²) >= 11 is 0. The molecule has 11 rings (SSSR count). The summed E-state index contributed by atoms with van der Waals surface area (Å²) in [6.45, 7) is 0. The first-order chi connectivity index (χ1) is 27.7. The molecule has 0 aliphatic carbocycles. The van der Waals surface area contributed by atoms with Gasteiger partial charge in [-0.1, -0.05) is 158 Å². The van der Waals surface area contributed by atoms with Crippen LogP contribution >= 0.6 is 0 Å². The number of rotatable bonds is 6. The quantitative estimate of drug-likeness (QED) is 0.172.